The van der Waals surface area contributed by atoms with Gasteiger partial charge in [-0.1, -0.05) is 23.7 Å². The molecule has 0 aliphatic carbocycles. The average molecular weight is 467 g/mol. The summed E-state index contributed by atoms with van der Waals surface area (Å²) in [4.78, 5) is 4.64. The van der Waals surface area contributed by atoms with Gasteiger partial charge in [0.1, 0.15) is 24.2 Å². The Labute approximate surface area is 196 Å². The lowest BCUT2D eigenvalue weighted by Gasteiger charge is -2.37. The molecule has 1 fully saturated rings. The number of allylic oxidation sites excluding steroid dienone is 1. The Morgan fingerprint density at radius 1 is 1.16 bits per heavy atom. The van der Waals surface area contributed by atoms with Crippen LogP contribution in [0.15, 0.2) is 49.1 Å². The Kier molecular flexibility index (Phi) is 9.97. The highest BCUT2D eigenvalue weighted by Gasteiger charge is 2.21. The van der Waals surface area contributed by atoms with Crippen LogP contribution in [0.3, 0.4) is 0 Å². The summed E-state index contributed by atoms with van der Waals surface area (Å²) < 4.78 is 11.2. The van der Waals surface area contributed by atoms with Gasteiger partial charge in [-0.25, -0.2) is 0 Å². The van der Waals surface area contributed by atoms with Crippen LogP contribution in [0.25, 0.3) is 0 Å². The summed E-state index contributed by atoms with van der Waals surface area (Å²) in [5.41, 5.74) is 3.43. The number of halogens is 2. The molecule has 0 radical (unpaired) electrons. The topological polar surface area (TPSA) is 45.2 Å². The van der Waals surface area contributed by atoms with Crippen molar-refractivity contribution in [2.24, 2.45) is 0 Å². The molecule has 1 aliphatic heterocycles. The van der Waals surface area contributed by atoms with Crippen molar-refractivity contribution in [3.63, 3.8) is 0 Å². The number of hydrogen-bond donors (Lipinski definition) is 1. The van der Waals surface area contributed by atoms with Crippen molar-refractivity contribution in [3.8, 4) is 11.5 Å². The van der Waals surface area contributed by atoms with E-state index in [1.165, 1.54) is 11.3 Å². The Bertz CT molecular complexity index is 855. The second-order valence-electron chi connectivity index (χ2n) is 7.65. The smallest absolute Gasteiger partial charge is 0.123 e. The van der Waals surface area contributed by atoms with Crippen molar-refractivity contribution >= 4 is 29.7 Å². The molecule has 0 aromatic heterocycles. The molecular formula is C24H32Cl2N2O3. The zero-order valence-electron chi connectivity index (χ0n) is 18.2. The van der Waals surface area contributed by atoms with Gasteiger partial charge >= 0.3 is 0 Å². The molecule has 170 valence electrons. The Morgan fingerprint density at radius 3 is 2.58 bits per heavy atom. The van der Waals surface area contributed by atoms with Crippen LogP contribution in [0.1, 0.15) is 11.1 Å². The van der Waals surface area contributed by atoms with E-state index in [9.17, 15) is 5.11 Å². The predicted octanol–water partition coefficient (Wildman–Crippen LogP) is 4.37. The van der Waals surface area contributed by atoms with E-state index in [2.05, 4.69) is 29.4 Å². The third-order valence-corrected chi connectivity index (χ3v) is 5.65. The van der Waals surface area contributed by atoms with Gasteiger partial charge in [-0.2, -0.15) is 0 Å². The van der Waals surface area contributed by atoms with Gasteiger partial charge in [0.2, 0.25) is 0 Å². The lowest BCUT2D eigenvalue weighted by Crippen LogP contribution is -2.49. The largest absolute Gasteiger partial charge is 0.497 e. The number of benzene rings is 2. The number of anilines is 1. The molecule has 31 heavy (non-hydrogen) atoms. The Balaban J connectivity index is 0.00000341. The number of piperazine rings is 1. The lowest BCUT2D eigenvalue weighted by atomic mass is 10.1. The number of rotatable bonds is 9. The van der Waals surface area contributed by atoms with E-state index in [0.29, 0.717) is 13.0 Å². The maximum atomic E-state index is 10.5. The number of aryl methyl sites for hydroxylation is 1. The Morgan fingerprint density at radius 2 is 1.90 bits per heavy atom. The van der Waals surface area contributed by atoms with E-state index in [1.807, 2.05) is 36.4 Å². The highest BCUT2D eigenvalue weighted by atomic mass is 35.5. The molecule has 7 heteroatoms. The molecule has 0 saturated carbocycles. The maximum absolute atomic E-state index is 10.5. The first-order chi connectivity index (χ1) is 14.5. The quantitative estimate of drug-likeness (QED) is 0.555. The molecule has 1 unspecified atom stereocenters. The van der Waals surface area contributed by atoms with Gasteiger partial charge in [0.25, 0.3) is 0 Å². The van der Waals surface area contributed by atoms with Gasteiger partial charge < -0.3 is 19.5 Å². The predicted molar refractivity (Wildman–Crippen MR) is 130 cm³/mol. The lowest BCUT2D eigenvalue weighted by molar-refractivity contribution is 0.0660. The van der Waals surface area contributed by atoms with E-state index in [4.69, 9.17) is 21.1 Å². The molecule has 1 aliphatic rings. The minimum atomic E-state index is -0.553. The number of aliphatic hydroxyl groups excluding tert-OH is 1. The van der Waals surface area contributed by atoms with Crippen molar-refractivity contribution in [1.29, 1.82) is 0 Å². The second-order valence-corrected chi connectivity index (χ2v) is 8.09. The van der Waals surface area contributed by atoms with Crippen LogP contribution >= 0.6 is 24.0 Å². The van der Waals surface area contributed by atoms with Crippen LogP contribution in [-0.4, -0.2) is 62.6 Å². The van der Waals surface area contributed by atoms with Gasteiger partial charge in [0.05, 0.1) is 7.11 Å². The van der Waals surface area contributed by atoms with Crippen molar-refractivity contribution in [2.75, 3.05) is 51.3 Å². The van der Waals surface area contributed by atoms with Gasteiger partial charge in [-0.05, 0) is 49.2 Å². The van der Waals surface area contributed by atoms with Crippen molar-refractivity contribution in [3.05, 3.63) is 65.2 Å². The maximum Gasteiger partial charge on any atom is 0.123 e. The number of hydrogen-bond acceptors (Lipinski definition) is 5. The van der Waals surface area contributed by atoms with Crippen LogP contribution in [0.4, 0.5) is 5.69 Å². The molecule has 0 bridgehead atoms. The fourth-order valence-electron chi connectivity index (χ4n) is 3.77. The van der Waals surface area contributed by atoms with Gasteiger partial charge in [-0.15, -0.1) is 19.0 Å². The van der Waals surface area contributed by atoms with E-state index >= 15 is 0 Å². The summed E-state index contributed by atoms with van der Waals surface area (Å²) in [5, 5.41) is 11.3. The number of methoxy groups -OCH3 is 1. The van der Waals surface area contributed by atoms with Crippen molar-refractivity contribution in [2.45, 2.75) is 19.4 Å². The van der Waals surface area contributed by atoms with Crippen LogP contribution in [0.2, 0.25) is 5.02 Å². The molecule has 1 atom stereocenters. The second kappa shape index (κ2) is 12.2. The summed E-state index contributed by atoms with van der Waals surface area (Å²) in [7, 11) is 1.64. The molecular weight excluding hydrogens is 435 g/mol. The van der Waals surface area contributed by atoms with Crippen LogP contribution < -0.4 is 14.4 Å². The van der Waals surface area contributed by atoms with Gasteiger partial charge in [0, 0.05) is 49.0 Å². The first-order valence-corrected chi connectivity index (χ1v) is 10.7. The van der Waals surface area contributed by atoms with Crippen LogP contribution in [-0.2, 0) is 6.42 Å². The van der Waals surface area contributed by atoms with Crippen molar-refractivity contribution < 1.29 is 14.6 Å². The first-order valence-electron chi connectivity index (χ1n) is 10.3. The molecule has 1 heterocycles. The van der Waals surface area contributed by atoms with Crippen molar-refractivity contribution in [1.82, 2.24) is 4.90 Å². The minimum absolute atomic E-state index is 0. The average Bonchev–Trinajstić information content (AvgIpc) is 2.75. The summed E-state index contributed by atoms with van der Waals surface area (Å²) in [6, 6.07) is 11.7. The first kappa shape index (κ1) is 25.3. The van der Waals surface area contributed by atoms with E-state index in [1.54, 1.807) is 7.11 Å². The molecule has 0 spiro atoms. The number of β-amino-alcohol motifs (C(OH)–C–C–N with tert-alkyl or cyclic N) is 1. The zero-order valence-corrected chi connectivity index (χ0v) is 19.8. The molecule has 1 N–H and O–H groups in total. The fraction of sp³-hybridized carbons (Fsp3) is 0.417. The summed E-state index contributed by atoms with van der Waals surface area (Å²) in [6.45, 7) is 10.4. The molecule has 2 aromatic rings. The van der Waals surface area contributed by atoms with E-state index in [0.717, 1.165) is 48.3 Å². The third-order valence-electron chi connectivity index (χ3n) is 5.42. The zero-order chi connectivity index (χ0) is 21.5. The number of aliphatic hydroxyl groups is 1. The van der Waals surface area contributed by atoms with E-state index < -0.39 is 6.10 Å². The van der Waals surface area contributed by atoms with Crippen LogP contribution in [0.5, 0.6) is 11.5 Å². The number of nitrogens with zero attached hydrogens (tertiary/aromatic N) is 2. The summed E-state index contributed by atoms with van der Waals surface area (Å²) >= 11 is 6.17. The molecule has 0 amide bonds. The molecule has 1 saturated heterocycles. The van der Waals surface area contributed by atoms with E-state index in [-0.39, 0.29) is 19.0 Å². The summed E-state index contributed by atoms with van der Waals surface area (Å²) in [5.74, 6) is 1.54. The standard InChI is InChI=1S/C24H31ClN2O3.ClH/c1-4-5-19-14-22(29-3)8-9-24(19)30-17-21(28)16-26-10-12-27(13-11-26)23-15-20(25)7-6-18(23)2;/h4,6-9,14-15,21,28H,1,5,10-13,16-17H2,2-3H3;1H. The van der Waals surface area contributed by atoms with Crippen LogP contribution in [0, 0.1) is 6.92 Å². The number of ether oxygens (including phenoxy) is 2. The Hall–Kier alpha value is -1.92. The van der Waals surface area contributed by atoms with Gasteiger partial charge in [-0.3, -0.25) is 4.90 Å². The fourth-order valence-corrected chi connectivity index (χ4v) is 3.94. The van der Waals surface area contributed by atoms with Gasteiger partial charge in [0.15, 0.2) is 0 Å². The summed E-state index contributed by atoms with van der Waals surface area (Å²) in [6.07, 6.45) is 1.97. The minimum Gasteiger partial charge on any atom is -0.497 e. The SMILES string of the molecule is C=CCc1cc(OC)ccc1OCC(O)CN1CCN(c2cc(Cl)ccc2C)CC1.Cl. The highest BCUT2D eigenvalue weighted by molar-refractivity contribution is 6.30. The monoisotopic (exact) mass is 466 g/mol. The molecule has 3 rings (SSSR count). The normalized spacial score (nSPS) is 15.2. The third kappa shape index (κ3) is 7.04. The molecule has 2 aromatic carbocycles. The molecule has 5 nitrogen and oxygen atoms in total. The highest BCUT2D eigenvalue weighted by Crippen LogP contribution is 2.26.